The number of anilines is 1. The summed E-state index contributed by atoms with van der Waals surface area (Å²) in [5.41, 5.74) is 0.797. The van der Waals surface area contributed by atoms with Gasteiger partial charge in [-0.05, 0) is 30.7 Å². The highest BCUT2D eigenvalue weighted by molar-refractivity contribution is 6.30. The Bertz CT molecular complexity index is 502. The summed E-state index contributed by atoms with van der Waals surface area (Å²) in [6.07, 6.45) is 3.51. The van der Waals surface area contributed by atoms with Crippen molar-refractivity contribution in [3.63, 3.8) is 0 Å². The molecule has 2 amide bonds. The molecule has 114 valence electrons. The Labute approximate surface area is 130 Å². The number of amides is 2. The molecule has 1 atom stereocenters. The lowest BCUT2D eigenvalue weighted by atomic mass is 10.1. The van der Waals surface area contributed by atoms with Crippen LogP contribution < -0.4 is 10.2 Å². The molecule has 0 radical (unpaired) electrons. The number of rotatable bonds is 6. The fourth-order valence-corrected chi connectivity index (χ4v) is 2.61. The van der Waals surface area contributed by atoms with Crippen LogP contribution in [0, 0.1) is 5.92 Å². The first-order valence-electron chi connectivity index (χ1n) is 7.45. The smallest absolute Gasteiger partial charge is 0.227 e. The molecule has 1 saturated heterocycles. The lowest BCUT2D eigenvalue weighted by Crippen LogP contribution is -2.33. The van der Waals surface area contributed by atoms with Crippen molar-refractivity contribution < 1.29 is 9.59 Å². The number of benzene rings is 1. The fraction of sp³-hybridized carbons (Fsp3) is 0.500. The molecule has 1 aliphatic rings. The molecule has 21 heavy (non-hydrogen) atoms. The largest absolute Gasteiger partial charge is 0.356 e. The molecule has 0 saturated carbocycles. The van der Waals surface area contributed by atoms with Gasteiger partial charge in [-0.25, -0.2) is 0 Å². The molecule has 1 aromatic rings. The molecule has 0 aliphatic carbocycles. The third kappa shape index (κ3) is 4.21. The minimum atomic E-state index is -0.255. The van der Waals surface area contributed by atoms with Crippen molar-refractivity contribution in [2.45, 2.75) is 32.6 Å². The van der Waals surface area contributed by atoms with Crippen molar-refractivity contribution in [2.24, 2.45) is 5.92 Å². The van der Waals surface area contributed by atoms with Crippen molar-refractivity contribution in [1.82, 2.24) is 5.32 Å². The van der Waals surface area contributed by atoms with Gasteiger partial charge in [0.15, 0.2) is 0 Å². The van der Waals surface area contributed by atoms with Crippen LogP contribution in [0.4, 0.5) is 5.69 Å². The Morgan fingerprint density at radius 2 is 2.05 bits per heavy atom. The van der Waals surface area contributed by atoms with Crippen LogP contribution in [0.5, 0.6) is 0 Å². The first-order valence-corrected chi connectivity index (χ1v) is 7.83. The Kier molecular flexibility index (Phi) is 5.62. The summed E-state index contributed by atoms with van der Waals surface area (Å²) < 4.78 is 0. The number of nitrogens with one attached hydrogen (secondary N) is 1. The van der Waals surface area contributed by atoms with Crippen molar-refractivity contribution in [1.29, 1.82) is 0 Å². The van der Waals surface area contributed by atoms with E-state index >= 15 is 0 Å². The molecule has 0 aromatic heterocycles. The van der Waals surface area contributed by atoms with Crippen LogP contribution in [0.15, 0.2) is 24.3 Å². The molecule has 2 rings (SSSR count). The molecule has 5 heteroatoms. The van der Waals surface area contributed by atoms with E-state index in [1.54, 1.807) is 17.0 Å². The Hall–Kier alpha value is -1.55. The lowest BCUT2D eigenvalue weighted by Gasteiger charge is -2.16. The van der Waals surface area contributed by atoms with E-state index in [0.717, 1.165) is 24.9 Å². The summed E-state index contributed by atoms with van der Waals surface area (Å²) in [6, 6.07) is 7.12. The van der Waals surface area contributed by atoms with Gasteiger partial charge in [-0.2, -0.15) is 0 Å². The van der Waals surface area contributed by atoms with Crippen LogP contribution in [0.1, 0.15) is 32.6 Å². The van der Waals surface area contributed by atoms with E-state index in [4.69, 9.17) is 11.6 Å². The van der Waals surface area contributed by atoms with Crippen LogP contribution in [-0.4, -0.2) is 24.9 Å². The van der Waals surface area contributed by atoms with E-state index in [0.29, 0.717) is 18.1 Å². The van der Waals surface area contributed by atoms with Crippen LogP contribution in [0.25, 0.3) is 0 Å². The number of nitrogens with zero attached hydrogens (tertiary/aromatic N) is 1. The highest BCUT2D eigenvalue weighted by Gasteiger charge is 2.34. The number of carbonyl (C=O) groups excluding carboxylic acids is 2. The Balaban J connectivity index is 1.90. The Morgan fingerprint density at radius 3 is 2.71 bits per heavy atom. The van der Waals surface area contributed by atoms with Gasteiger partial charge in [0.05, 0.1) is 5.92 Å². The number of carbonyl (C=O) groups is 2. The third-order valence-electron chi connectivity index (χ3n) is 3.71. The highest BCUT2D eigenvalue weighted by atomic mass is 35.5. The van der Waals surface area contributed by atoms with Gasteiger partial charge in [-0.15, -0.1) is 0 Å². The first-order chi connectivity index (χ1) is 10.1. The highest BCUT2D eigenvalue weighted by Crippen LogP contribution is 2.26. The maximum atomic E-state index is 12.1. The van der Waals surface area contributed by atoms with Gasteiger partial charge in [0, 0.05) is 30.2 Å². The summed E-state index contributed by atoms with van der Waals surface area (Å²) in [6.45, 7) is 3.26. The predicted molar refractivity (Wildman–Crippen MR) is 84.4 cm³/mol. The molecular weight excluding hydrogens is 288 g/mol. The summed E-state index contributed by atoms with van der Waals surface area (Å²) in [4.78, 5) is 25.8. The molecule has 0 bridgehead atoms. The van der Waals surface area contributed by atoms with Crippen LogP contribution in [0.2, 0.25) is 5.02 Å². The van der Waals surface area contributed by atoms with E-state index in [-0.39, 0.29) is 24.2 Å². The van der Waals surface area contributed by atoms with Crippen LogP contribution in [0.3, 0.4) is 0 Å². The molecule has 1 heterocycles. The van der Waals surface area contributed by atoms with Crippen molar-refractivity contribution in [2.75, 3.05) is 18.0 Å². The lowest BCUT2D eigenvalue weighted by molar-refractivity contribution is -0.126. The SMILES string of the molecule is CCCCCNC(=O)C1CC(=O)N(c2ccc(Cl)cc2)C1. The van der Waals surface area contributed by atoms with Gasteiger partial charge in [0.2, 0.25) is 11.8 Å². The molecule has 1 aliphatic heterocycles. The second kappa shape index (κ2) is 7.46. The normalized spacial score (nSPS) is 18.1. The average molecular weight is 309 g/mol. The predicted octanol–water partition coefficient (Wildman–Crippen LogP) is 3.00. The molecule has 1 unspecified atom stereocenters. The number of unbranched alkanes of at least 4 members (excludes halogenated alkanes) is 2. The maximum Gasteiger partial charge on any atom is 0.227 e. The molecular formula is C16H21ClN2O2. The van der Waals surface area contributed by atoms with Crippen molar-refractivity contribution >= 4 is 29.1 Å². The van der Waals surface area contributed by atoms with Gasteiger partial charge in [-0.3, -0.25) is 9.59 Å². The molecule has 0 spiro atoms. The summed E-state index contributed by atoms with van der Waals surface area (Å²) in [7, 11) is 0. The van der Waals surface area contributed by atoms with Gasteiger partial charge < -0.3 is 10.2 Å². The zero-order valence-electron chi connectivity index (χ0n) is 12.3. The van der Waals surface area contributed by atoms with Crippen LogP contribution in [-0.2, 0) is 9.59 Å². The maximum absolute atomic E-state index is 12.1. The quantitative estimate of drug-likeness (QED) is 0.821. The molecule has 4 nitrogen and oxygen atoms in total. The average Bonchev–Trinajstić information content (AvgIpc) is 2.86. The molecule has 1 fully saturated rings. The van der Waals surface area contributed by atoms with Gasteiger partial charge in [0.25, 0.3) is 0 Å². The number of hydrogen-bond donors (Lipinski definition) is 1. The van der Waals surface area contributed by atoms with Crippen molar-refractivity contribution in [3.8, 4) is 0 Å². The van der Waals surface area contributed by atoms with E-state index in [1.807, 2.05) is 12.1 Å². The molecule has 1 N–H and O–H groups in total. The zero-order valence-corrected chi connectivity index (χ0v) is 13.0. The van der Waals surface area contributed by atoms with Gasteiger partial charge >= 0.3 is 0 Å². The fourth-order valence-electron chi connectivity index (χ4n) is 2.48. The third-order valence-corrected chi connectivity index (χ3v) is 3.97. The summed E-state index contributed by atoms with van der Waals surface area (Å²) in [5, 5.41) is 3.56. The van der Waals surface area contributed by atoms with E-state index in [9.17, 15) is 9.59 Å². The first kappa shape index (κ1) is 15.8. The van der Waals surface area contributed by atoms with Gasteiger partial charge in [0.1, 0.15) is 0 Å². The van der Waals surface area contributed by atoms with Crippen LogP contribution >= 0.6 is 11.6 Å². The summed E-state index contributed by atoms with van der Waals surface area (Å²) >= 11 is 5.85. The standard InChI is InChI=1S/C16H21ClN2O2/c1-2-3-4-9-18-16(21)12-10-15(20)19(11-12)14-7-5-13(17)6-8-14/h5-8,12H,2-4,9-11H2,1H3,(H,18,21). The number of halogens is 1. The zero-order chi connectivity index (χ0) is 15.2. The van der Waals surface area contributed by atoms with Crippen molar-refractivity contribution in [3.05, 3.63) is 29.3 Å². The second-order valence-corrected chi connectivity index (χ2v) is 5.82. The van der Waals surface area contributed by atoms with E-state index in [2.05, 4.69) is 12.2 Å². The minimum Gasteiger partial charge on any atom is -0.356 e. The monoisotopic (exact) mass is 308 g/mol. The van der Waals surface area contributed by atoms with Gasteiger partial charge in [-0.1, -0.05) is 31.4 Å². The Morgan fingerprint density at radius 1 is 1.33 bits per heavy atom. The second-order valence-electron chi connectivity index (χ2n) is 5.38. The molecule has 1 aromatic carbocycles. The van der Waals surface area contributed by atoms with E-state index < -0.39 is 0 Å². The number of hydrogen-bond acceptors (Lipinski definition) is 2. The topological polar surface area (TPSA) is 49.4 Å². The minimum absolute atomic E-state index is 0.00830. The van der Waals surface area contributed by atoms with E-state index in [1.165, 1.54) is 0 Å². The summed E-state index contributed by atoms with van der Waals surface area (Å²) in [5.74, 6) is -0.281.